The van der Waals surface area contributed by atoms with E-state index in [-0.39, 0.29) is 17.6 Å². The van der Waals surface area contributed by atoms with Crippen LogP contribution in [-0.4, -0.2) is 9.97 Å². The maximum Gasteiger partial charge on any atom is 0.451 e. The van der Waals surface area contributed by atoms with Gasteiger partial charge in [-0.1, -0.05) is 41.4 Å². The molecule has 8 heteroatoms. The lowest BCUT2D eigenvalue weighted by molar-refractivity contribution is -0.145. The summed E-state index contributed by atoms with van der Waals surface area (Å²) in [6, 6.07) is 7.91. The van der Waals surface area contributed by atoms with E-state index >= 15 is 0 Å². The molecule has 0 saturated heterocycles. The van der Waals surface area contributed by atoms with Crippen molar-refractivity contribution in [2.75, 3.05) is 0 Å². The molecule has 106 valence electrons. The SMILES string of the molecule is FC(F)(F)c1nc(Cl)cc(OCc2ccccc2Cl)n1. The molecule has 0 atom stereocenters. The molecule has 0 spiro atoms. The van der Waals surface area contributed by atoms with E-state index in [0.717, 1.165) is 6.07 Å². The third-order valence-electron chi connectivity index (χ3n) is 2.26. The van der Waals surface area contributed by atoms with E-state index in [0.29, 0.717) is 10.6 Å². The van der Waals surface area contributed by atoms with Crippen molar-refractivity contribution in [3.05, 3.63) is 51.9 Å². The van der Waals surface area contributed by atoms with Crippen molar-refractivity contribution in [1.82, 2.24) is 9.97 Å². The number of nitrogens with zero attached hydrogens (tertiary/aromatic N) is 2. The first-order valence-electron chi connectivity index (χ1n) is 5.34. The largest absolute Gasteiger partial charge is 0.473 e. The summed E-state index contributed by atoms with van der Waals surface area (Å²) < 4.78 is 42.7. The minimum absolute atomic E-state index is 0.0235. The average Bonchev–Trinajstić information content (AvgIpc) is 2.36. The summed E-state index contributed by atoms with van der Waals surface area (Å²) in [5.74, 6) is -1.61. The number of hydrogen-bond acceptors (Lipinski definition) is 3. The van der Waals surface area contributed by atoms with E-state index in [2.05, 4.69) is 9.97 Å². The van der Waals surface area contributed by atoms with E-state index in [1.54, 1.807) is 24.3 Å². The molecular formula is C12H7Cl2F3N2O. The summed E-state index contributed by atoms with van der Waals surface area (Å²) in [5.41, 5.74) is 0.623. The Morgan fingerprint density at radius 2 is 1.80 bits per heavy atom. The lowest BCUT2D eigenvalue weighted by Crippen LogP contribution is -2.12. The van der Waals surface area contributed by atoms with Crippen LogP contribution in [0, 0.1) is 0 Å². The first kappa shape index (κ1) is 14.9. The fourth-order valence-electron chi connectivity index (χ4n) is 1.36. The monoisotopic (exact) mass is 322 g/mol. The molecule has 0 aliphatic heterocycles. The second-order valence-corrected chi connectivity index (χ2v) is 4.52. The van der Waals surface area contributed by atoms with Gasteiger partial charge in [0.15, 0.2) is 0 Å². The van der Waals surface area contributed by atoms with Gasteiger partial charge in [-0.15, -0.1) is 0 Å². The highest BCUT2D eigenvalue weighted by Crippen LogP contribution is 2.29. The highest BCUT2D eigenvalue weighted by Gasteiger charge is 2.35. The van der Waals surface area contributed by atoms with Gasteiger partial charge in [0.2, 0.25) is 11.7 Å². The highest BCUT2D eigenvalue weighted by molar-refractivity contribution is 6.31. The summed E-state index contributed by atoms with van der Waals surface area (Å²) in [6.45, 7) is -0.0235. The summed E-state index contributed by atoms with van der Waals surface area (Å²) in [6.07, 6.45) is -4.69. The van der Waals surface area contributed by atoms with Crippen molar-refractivity contribution < 1.29 is 17.9 Å². The van der Waals surface area contributed by atoms with Crippen LogP contribution in [0.3, 0.4) is 0 Å². The predicted molar refractivity (Wildman–Crippen MR) is 67.8 cm³/mol. The number of ether oxygens (including phenoxy) is 1. The highest BCUT2D eigenvalue weighted by atomic mass is 35.5. The molecule has 0 unspecified atom stereocenters. The molecule has 0 aliphatic carbocycles. The Bertz CT molecular complexity index is 620. The van der Waals surface area contributed by atoms with Crippen LogP contribution in [0.15, 0.2) is 30.3 Å². The Balaban J connectivity index is 2.18. The van der Waals surface area contributed by atoms with Gasteiger partial charge in [-0.3, -0.25) is 0 Å². The van der Waals surface area contributed by atoms with Crippen LogP contribution in [-0.2, 0) is 12.8 Å². The Labute approximate surface area is 122 Å². The van der Waals surface area contributed by atoms with Gasteiger partial charge in [0.1, 0.15) is 11.8 Å². The second kappa shape index (κ2) is 5.85. The number of hydrogen-bond donors (Lipinski definition) is 0. The molecule has 0 aliphatic rings. The topological polar surface area (TPSA) is 35.0 Å². The molecule has 0 N–H and O–H groups in total. The average molecular weight is 323 g/mol. The van der Waals surface area contributed by atoms with Crippen LogP contribution in [0.25, 0.3) is 0 Å². The van der Waals surface area contributed by atoms with E-state index in [4.69, 9.17) is 27.9 Å². The van der Waals surface area contributed by atoms with Crippen molar-refractivity contribution in [2.24, 2.45) is 0 Å². The van der Waals surface area contributed by atoms with E-state index in [9.17, 15) is 13.2 Å². The van der Waals surface area contributed by atoms with Crippen molar-refractivity contribution in [3.63, 3.8) is 0 Å². The molecule has 20 heavy (non-hydrogen) atoms. The molecule has 2 aromatic rings. The molecule has 2 rings (SSSR count). The fraction of sp³-hybridized carbons (Fsp3) is 0.167. The summed E-state index contributed by atoms with van der Waals surface area (Å²) in [4.78, 5) is 6.36. The molecule has 3 nitrogen and oxygen atoms in total. The van der Waals surface area contributed by atoms with Crippen LogP contribution in [0.1, 0.15) is 11.4 Å². The lowest BCUT2D eigenvalue weighted by atomic mass is 10.2. The lowest BCUT2D eigenvalue weighted by Gasteiger charge is -2.10. The van der Waals surface area contributed by atoms with Gasteiger partial charge in [-0.05, 0) is 6.07 Å². The van der Waals surface area contributed by atoms with E-state index in [1.165, 1.54) is 0 Å². The van der Waals surface area contributed by atoms with Gasteiger partial charge in [-0.2, -0.15) is 18.2 Å². The summed E-state index contributed by atoms with van der Waals surface area (Å²) >= 11 is 11.4. The first-order chi connectivity index (χ1) is 9.36. The third kappa shape index (κ3) is 3.74. The van der Waals surface area contributed by atoms with Crippen molar-refractivity contribution >= 4 is 23.2 Å². The fourth-order valence-corrected chi connectivity index (χ4v) is 1.73. The van der Waals surface area contributed by atoms with Gasteiger partial charge in [0, 0.05) is 16.7 Å². The van der Waals surface area contributed by atoms with Gasteiger partial charge in [0.25, 0.3) is 0 Å². The molecule has 1 heterocycles. The van der Waals surface area contributed by atoms with E-state index < -0.39 is 12.0 Å². The summed E-state index contributed by atoms with van der Waals surface area (Å²) in [5, 5.41) is 0.102. The standard InChI is InChI=1S/C12H7Cl2F3N2O/c13-8-4-2-1-3-7(8)6-20-10-5-9(14)18-11(19-10)12(15,16)17/h1-5H,6H2. The maximum absolute atomic E-state index is 12.5. The van der Waals surface area contributed by atoms with Crippen LogP contribution in [0.2, 0.25) is 10.2 Å². The Hall–Kier alpha value is -1.53. The minimum atomic E-state index is -4.69. The zero-order valence-electron chi connectivity index (χ0n) is 9.79. The van der Waals surface area contributed by atoms with Crippen LogP contribution < -0.4 is 4.74 Å². The first-order valence-corrected chi connectivity index (χ1v) is 6.10. The van der Waals surface area contributed by atoms with Gasteiger partial charge >= 0.3 is 6.18 Å². The second-order valence-electron chi connectivity index (χ2n) is 3.73. The molecule has 0 fully saturated rings. The van der Waals surface area contributed by atoms with Crippen molar-refractivity contribution in [1.29, 1.82) is 0 Å². The molecule has 0 amide bonds. The minimum Gasteiger partial charge on any atom is -0.473 e. The van der Waals surface area contributed by atoms with Gasteiger partial charge < -0.3 is 4.74 Å². The Kier molecular flexibility index (Phi) is 4.35. The number of aromatic nitrogens is 2. The quantitative estimate of drug-likeness (QED) is 0.786. The number of halogens is 5. The number of alkyl halides is 3. The van der Waals surface area contributed by atoms with Crippen molar-refractivity contribution in [3.8, 4) is 5.88 Å². The van der Waals surface area contributed by atoms with Crippen LogP contribution in [0.4, 0.5) is 13.2 Å². The van der Waals surface area contributed by atoms with E-state index in [1.807, 2.05) is 0 Å². The maximum atomic E-state index is 12.5. The zero-order valence-corrected chi connectivity index (χ0v) is 11.3. The van der Waals surface area contributed by atoms with Crippen molar-refractivity contribution in [2.45, 2.75) is 12.8 Å². The van der Waals surface area contributed by atoms with Crippen LogP contribution >= 0.6 is 23.2 Å². The Morgan fingerprint density at radius 3 is 2.45 bits per heavy atom. The number of rotatable bonds is 3. The third-order valence-corrected chi connectivity index (χ3v) is 2.82. The molecule has 1 aromatic heterocycles. The van der Waals surface area contributed by atoms with Gasteiger partial charge in [0.05, 0.1) is 0 Å². The summed E-state index contributed by atoms with van der Waals surface area (Å²) in [7, 11) is 0. The number of benzene rings is 1. The smallest absolute Gasteiger partial charge is 0.451 e. The van der Waals surface area contributed by atoms with Crippen LogP contribution in [0.5, 0.6) is 5.88 Å². The van der Waals surface area contributed by atoms with Gasteiger partial charge in [-0.25, -0.2) is 4.98 Å². The molecule has 0 saturated carbocycles. The molecule has 0 bridgehead atoms. The molecular weight excluding hydrogens is 316 g/mol. The molecule has 1 aromatic carbocycles. The Morgan fingerprint density at radius 1 is 1.10 bits per heavy atom. The molecule has 0 radical (unpaired) electrons. The zero-order chi connectivity index (χ0) is 14.8. The predicted octanol–water partition coefficient (Wildman–Crippen LogP) is 4.38. The normalized spacial score (nSPS) is 11.4.